The van der Waals surface area contributed by atoms with Crippen molar-refractivity contribution < 1.29 is 18.5 Å². The minimum Gasteiger partial charge on any atom is -0.302 e. The van der Waals surface area contributed by atoms with Gasteiger partial charge in [-0.05, 0) is 18.6 Å². The van der Waals surface area contributed by atoms with Gasteiger partial charge in [0.2, 0.25) is 0 Å². The molecule has 0 heterocycles. The van der Waals surface area contributed by atoms with Crippen molar-refractivity contribution in [3.05, 3.63) is 0 Å². The molecule has 1 atom stereocenters. The van der Waals surface area contributed by atoms with Crippen molar-refractivity contribution >= 4 is 20.5 Å². The Hall–Kier alpha value is 0.460. The largest absolute Gasteiger partial charge is 0.472 e. The maximum Gasteiger partial charge on any atom is 0.472 e. The summed E-state index contributed by atoms with van der Waals surface area (Å²) >= 11 is 3.93. The number of hydrogen-bond donors (Lipinski definition) is 2. The van der Waals surface area contributed by atoms with Crippen LogP contribution < -0.4 is 0 Å². The van der Waals surface area contributed by atoms with E-state index in [1.54, 1.807) is 0 Å². The fourth-order valence-electron chi connectivity index (χ4n) is 0.488. The van der Waals surface area contributed by atoms with Gasteiger partial charge in [0, 0.05) is 0 Å². The number of hydrogen-bond acceptors (Lipinski definition) is 4. The molecule has 0 radical (unpaired) electrons. The van der Waals surface area contributed by atoms with E-state index < -0.39 is 7.82 Å². The fraction of sp³-hybridized carbons (Fsp3) is 1.00. The highest BCUT2D eigenvalue weighted by molar-refractivity contribution is 7.80. The fourth-order valence-corrected chi connectivity index (χ4v) is 1.47. The van der Waals surface area contributed by atoms with E-state index >= 15 is 0 Å². The molecule has 0 fully saturated rings. The van der Waals surface area contributed by atoms with Gasteiger partial charge in [0.1, 0.15) is 0 Å². The molecule has 1 unspecified atom stereocenters. The van der Waals surface area contributed by atoms with E-state index in [4.69, 9.17) is 4.89 Å². The normalized spacial score (nSPS) is 15.9. The summed E-state index contributed by atoms with van der Waals surface area (Å²) in [4.78, 5) is 8.96. The molecular weight excluding hydrogens is 199 g/mol. The third kappa shape index (κ3) is 7.13. The molecule has 0 aromatic rings. The average Bonchev–Trinajstić information content (AvgIpc) is 2.01. The Morgan fingerprint density at radius 1 is 1.42 bits per heavy atom. The highest BCUT2D eigenvalue weighted by Crippen LogP contribution is 2.43. The van der Waals surface area contributed by atoms with Crippen molar-refractivity contribution in [2.24, 2.45) is 0 Å². The summed E-state index contributed by atoms with van der Waals surface area (Å²) in [6, 6.07) is 0. The van der Waals surface area contributed by atoms with Gasteiger partial charge < -0.3 is 4.89 Å². The monoisotopic (exact) mass is 214 g/mol. The van der Waals surface area contributed by atoms with Gasteiger partial charge >= 0.3 is 7.82 Å². The topological polar surface area (TPSA) is 55.8 Å². The summed E-state index contributed by atoms with van der Waals surface area (Å²) in [5, 5.41) is 0. The molecule has 4 nitrogen and oxygen atoms in total. The third-order valence-electron chi connectivity index (χ3n) is 1.02. The van der Waals surface area contributed by atoms with Crippen LogP contribution in [0.2, 0.25) is 0 Å². The Morgan fingerprint density at radius 3 is 2.50 bits per heavy atom. The van der Waals surface area contributed by atoms with Crippen molar-refractivity contribution in [1.29, 1.82) is 0 Å². The molecule has 0 aliphatic heterocycles. The van der Waals surface area contributed by atoms with Crippen molar-refractivity contribution in [2.45, 2.75) is 19.8 Å². The summed E-state index contributed by atoms with van der Waals surface area (Å²) in [7, 11) is -3.77. The molecule has 6 heteroatoms. The second-order valence-corrected chi connectivity index (χ2v) is 4.11. The van der Waals surface area contributed by atoms with Crippen molar-refractivity contribution in [2.75, 3.05) is 19.0 Å². The van der Waals surface area contributed by atoms with Gasteiger partial charge in [-0.2, -0.15) is 12.6 Å². The van der Waals surface area contributed by atoms with Crippen LogP contribution in [-0.2, 0) is 13.6 Å². The molecule has 1 N–H and O–H groups in total. The predicted octanol–water partition coefficient (Wildman–Crippen LogP) is 1.85. The quantitative estimate of drug-likeness (QED) is 0.386. The molecule has 0 amide bonds. The molecule has 74 valence electrons. The molecule has 0 bridgehead atoms. The first-order valence-electron chi connectivity index (χ1n) is 3.85. The summed E-state index contributed by atoms with van der Waals surface area (Å²) in [5.41, 5.74) is 0. The van der Waals surface area contributed by atoms with Crippen LogP contribution in [0.15, 0.2) is 0 Å². The second-order valence-electron chi connectivity index (χ2n) is 2.21. The van der Waals surface area contributed by atoms with E-state index in [0.717, 1.165) is 0 Å². The first kappa shape index (κ1) is 12.5. The zero-order valence-electron chi connectivity index (χ0n) is 7.10. The van der Waals surface area contributed by atoms with Crippen LogP contribution in [0.1, 0.15) is 19.8 Å². The lowest BCUT2D eigenvalue weighted by Crippen LogP contribution is -1.98. The Bertz CT molecular complexity index is 152. The van der Waals surface area contributed by atoms with Crippen LogP contribution in [0.4, 0.5) is 0 Å². The average molecular weight is 214 g/mol. The molecule has 0 aliphatic rings. The molecule has 0 spiro atoms. The van der Waals surface area contributed by atoms with Crippen LogP contribution >= 0.6 is 20.5 Å². The van der Waals surface area contributed by atoms with E-state index in [9.17, 15) is 4.57 Å². The molecule has 0 aromatic carbocycles. The van der Waals surface area contributed by atoms with Crippen molar-refractivity contribution in [3.8, 4) is 0 Å². The van der Waals surface area contributed by atoms with Crippen LogP contribution in [0.3, 0.4) is 0 Å². The maximum absolute atomic E-state index is 10.9. The van der Waals surface area contributed by atoms with Crippen LogP contribution in [0.25, 0.3) is 0 Å². The van der Waals surface area contributed by atoms with Crippen LogP contribution in [-0.4, -0.2) is 23.9 Å². The lowest BCUT2D eigenvalue weighted by Gasteiger charge is -2.10. The van der Waals surface area contributed by atoms with Gasteiger partial charge in [-0.15, -0.1) is 0 Å². The van der Waals surface area contributed by atoms with Gasteiger partial charge in [-0.25, -0.2) is 4.57 Å². The Morgan fingerprint density at radius 2 is 2.00 bits per heavy atom. The standard InChI is InChI=1S/C6H15O4PS/c1-2-4-9-11(7,8)10-5-3-6-12/h12H,2-6H2,1H3,(H,7,8). The minimum absolute atomic E-state index is 0.209. The van der Waals surface area contributed by atoms with Gasteiger partial charge in [0.15, 0.2) is 0 Å². The van der Waals surface area contributed by atoms with Gasteiger partial charge in [-0.3, -0.25) is 9.05 Å². The van der Waals surface area contributed by atoms with Gasteiger partial charge in [0.05, 0.1) is 13.2 Å². The maximum atomic E-state index is 10.9. The zero-order chi connectivity index (χ0) is 9.45. The third-order valence-corrected chi connectivity index (χ3v) is 2.35. The molecule has 0 saturated carbocycles. The molecule has 0 aromatic heterocycles. The number of rotatable bonds is 7. The number of phosphoric ester groups is 1. The zero-order valence-corrected chi connectivity index (χ0v) is 8.89. The minimum atomic E-state index is -3.77. The van der Waals surface area contributed by atoms with E-state index in [1.807, 2.05) is 6.92 Å². The highest BCUT2D eigenvalue weighted by atomic mass is 32.1. The first-order chi connectivity index (χ1) is 5.62. The van der Waals surface area contributed by atoms with Gasteiger partial charge in [0.25, 0.3) is 0 Å². The van der Waals surface area contributed by atoms with Gasteiger partial charge in [-0.1, -0.05) is 6.92 Å². The SMILES string of the molecule is CCCOP(=O)(O)OCCCS. The first-order valence-corrected chi connectivity index (χ1v) is 5.98. The summed E-state index contributed by atoms with van der Waals surface area (Å²) < 4.78 is 20.1. The molecule has 0 aliphatic carbocycles. The van der Waals surface area contributed by atoms with Crippen molar-refractivity contribution in [1.82, 2.24) is 0 Å². The number of phosphoric acid groups is 1. The Balaban J connectivity index is 3.49. The molecular formula is C6H15O4PS. The van der Waals surface area contributed by atoms with E-state index in [1.165, 1.54) is 0 Å². The second kappa shape index (κ2) is 6.92. The molecule has 0 rings (SSSR count). The van der Waals surface area contributed by atoms with E-state index in [0.29, 0.717) is 18.6 Å². The Kier molecular flexibility index (Phi) is 7.19. The van der Waals surface area contributed by atoms with Crippen molar-refractivity contribution in [3.63, 3.8) is 0 Å². The number of thiol groups is 1. The molecule has 12 heavy (non-hydrogen) atoms. The highest BCUT2D eigenvalue weighted by Gasteiger charge is 2.19. The lowest BCUT2D eigenvalue weighted by atomic mass is 10.5. The summed E-state index contributed by atoms with van der Waals surface area (Å²) in [6.07, 6.45) is 1.34. The summed E-state index contributed by atoms with van der Waals surface area (Å²) in [6.45, 7) is 2.31. The van der Waals surface area contributed by atoms with E-state index in [2.05, 4.69) is 21.7 Å². The van der Waals surface area contributed by atoms with Crippen LogP contribution in [0.5, 0.6) is 0 Å². The lowest BCUT2D eigenvalue weighted by molar-refractivity contribution is 0.150. The Labute approximate surface area is 78.3 Å². The smallest absolute Gasteiger partial charge is 0.302 e. The predicted molar refractivity (Wildman–Crippen MR) is 50.5 cm³/mol. The molecule has 0 saturated heterocycles. The summed E-state index contributed by atoms with van der Waals surface area (Å²) in [5.74, 6) is 0.633. The van der Waals surface area contributed by atoms with E-state index in [-0.39, 0.29) is 13.2 Å². The van der Waals surface area contributed by atoms with Crippen LogP contribution in [0, 0.1) is 0 Å².